The first-order chi connectivity index (χ1) is 3.46. The number of rotatable bonds is 1. The summed E-state index contributed by atoms with van der Waals surface area (Å²) in [5.41, 5.74) is 0. The van der Waals surface area contributed by atoms with E-state index in [0.717, 1.165) is 0 Å². The molecule has 4 heteroatoms. The van der Waals surface area contributed by atoms with Crippen LogP contribution in [0.2, 0.25) is 0 Å². The van der Waals surface area contributed by atoms with Gasteiger partial charge in [-0.15, -0.1) is 0 Å². The molecule has 0 atom stereocenters. The maximum Gasteiger partial charge on any atom is -0.00472 e. The molecule has 48 valence electrons. The Labute approximate surface area is 47.9 Å². The maximum absolute atomic E-state index is 10.2. The lowest BCUT2D eigenvalue weighted by Gasteiger charge is -2.36. The van der Waals surface area contributed by atoms with E-state index >= 15 is 0 Å². The molecular weight excluding hydrogens is 127 g/mol. The molecular formula is C4H7O3P-2. The zero-order valence-electron chi connectivity index (χ0n) is 4.59. The van der Waals surface area contributed by atoms with Crippen LogP contribution in [0.4, 0.5) is 0 Å². The van der Waals surface area contributed by atoms with E-state index in [9.17, 15) is 14.4 Å². The van der Waals surface area contributed by atoms with Crippen molar-refractivity contribution < 1.29 is 14.4 Å². The third kappa shape index (κ3) is 0.815. The van der Waals surface area contributed by atoms with Crippen LogP contribution in [-0.2, 0) is 4.57 Å². The van der Waals surface area contributed by atoms with Crippen LogP contribution >= 0.6 is 7.60 Å². The molecule has 0 radical (unpaired) electrons. The van der Waals surface area contributed by atoms with Crippen LogP contribution in [-0.4, -0.2) is 5.16 Å². The molecule has 0 amide bonds. The average Bonchev–Trinajstić information content (AvgIpc) is 2.16. The lowest BCUT2D eigenvalue weighted by Crippen LogP contribution is -2.24. The summed E-state index contributed by atoms with van der Waals surface area (Å²) in [4.78, 5) is 20.4. The second-order valence-electron chi connectivity index (χ2n) is 2.49. The van der Waals surface area contributed by atoms with Crippen molar-refractivity contribution in [2.75, 3.05) is 0 Å². The normalized spacial score (nSPS) is 25.4. The highest BCUT2D eigenvalue weighted by Crippen LogP contribution is 2.59. The Kier molecular flexibility index (Phi) is 1.06. The molecule has 0 aliphatic heterocycles. The summed E-state index contributed by atoms with van der Waals surface area (Å²) in [6.07, 6.45) is 1.11. The van der Waals surface area contributed by atoms with Gasteiger partial charge < -0.3 is 14.4 Å². The smallest absolute Gasteiger partial charge is 0.00472 e. The van der Waals surface area contributed by atoms with Crippen molar-refractivity contribution in [2.45, 2.75) is 24.9 Å². The topological polar surface area (TPSA) is 63.2 Å². The summed E-state index contributed by atoms with van der Waals surface area (Å²) in [5.74, 6) is 0. The first-order valence-corrected chi connectivity index (χ1v) is 4.02. The SMILES string of the molecule is CC1(P(=O)([O-])[O-])CC1. The minimum atomic E-state index is -4.24. The summed E-state index contributed by atoms with van der Waals surface area (Å²) in [6.45, 7) is 1.49. The molecule has 0 aromatic rings. The quantitative estimate of drug-likeness (QED) is 0.452. The summed E-state index contributed by atoms with van der Waals surface area (Å²) in [6, 6.07) is 0. The molecule has 0 N–H and O–H groups in total. The number of hydrogen-bond donors (Lipinski definition) is 0. The molecule has 1 saturated carbocycles. The van der Waals surface area contributed by atoms with E-state index in [1.54, 1.807) is 0 Å². The highest BCUT2D eigenvalue weighted by molar-refractivity contribution is 7.51. The predicted octanol–water partition coefficient (Wildman–Crippen LogP) is -0.547. The lowest BCUT2D eigenvalue weighted by molar-refractivity contribution is -0.317. The van der Waals surface area contributed by atoms with Crippen molar-refractivity contribution >= 4 is 7.60 Å². The summed E-state index contributed by atoms with van der Waals surface area (Å²) >= 11 is 0. The monoisotopic (exact) mass is 134 g/mol. The largest absolute Gasteiger partial charge is 0.810 e. The first-order valence-electron chi connectivity index (χ1n) is 2.48. The lowest BCUT2D eigenvalue weighted by atomic mass is 10.5. The van der Waals surface area contributed by atoms with E-state index < -0.39 is 12.8 Å². The zero-order chi connectivity index (χ0) is 6.41. The van der Waals surface area contributed by atoms with Gasteiger partial charge >= 0.3 is 0 Å². The van der Waals surface area contributed by atoms with Crippen molar-refractivity contribution in [3.63, 3.8) is 0 Å². The third-order valence-electron chi connectivity index (χ3n) is 1.63. The second kappa shape index (κ2) is 1.35. The van der Waals surface area contributed by atoms with Crippen molar-refractivity contribution in [3.05, 3.63) is 0 Å². The third-order valence-corrected chi connectivity index (χ3v) is 3.40. The highest BCUT2D eigenvalue weighted by Gasteiger charge is 2.40. The summed E-state index contributed by atoms with van der Waals surface area (Å²) < 4.78 is 10.2. The minimum absolute atomic E-state index is 0.553. The van der Waals surface area contributed by atoms with Crippen molar-refractivity contribution in [2.24, 2.45) is 0 Å². The van der Waals surface area contributed by atoms with Crippen molar-refractivity contribution in [1.82, 2.24) is 0 Å². The van der Waals surface area contributed by atoms with Crippen LogP contribution in [0.1, 0.15) is 19.8 Å². The van der Waals surface area contributed by atoms with E-state index in [1.165, 1.54) is 6.92 Å². The van der Waals surface area contributed by atoms with Gasteiger partial charge in [0, 0.05) is 0 Å². The molecule has 1 aliphatic carbocycles. The Morgan fingerprint density at radius 3 is 1.88 bits per heavy atom. The van der Waals surface area contributed by atoms with Gasteiger partial charge in [-0.2, -0.15) is 0 Å². The fourth-order valence-electron chi connectivity index (χ4n) is 0.455. The molecule has 3 nitrogen and oxygen atoms in total. The Morgan fingerprint density at radius 1 is 1.50 bits per heavy atom. The second-order valence-corrected chi connectivity index (χ2v) is 4.57. The van der Waals surface area contributed by atoms with Crippen LogP contribution < -0.4 is 9.79 Å². The standard InChI is InChI=1S/C4H9O3P/c1-4(2-3-4)8(5,6)7/h2-3H2,1H3,(H2,5,6,7)/p-2. The Bertz CT molecular complexity index is 143. The molecule has 0 saturated heterocycles. The Morgan fingerprint density at radius 2 is 1.88 bits per heavy atom. The molecule has 0 unspecified atom stereocenters. The molecule has 0 aromatic carbocycles. The van der Waals surface area contributed by atoms with E-state index in [1.807, 2.05) is 0 Å². The Hall–Kier alpha value is 0.150. The molecule has 0 spiro atoms. The number of hydrogen-bond acceptors (Lipinski definition) is 3. The van der Waals surface area contributed by atoms with Gasteiger partial charge in [-0.3, -0.25) is 0 Å². The minimum Gasteiger partial charge on any atom is -0.810 e. The van der Waals surface area contributed by atoms with Gasteiger partial charge in [-0.25, -0.2) is 0 Å². The van der Waals surface area contributed by atoms with Crippen LogP contribution in [0.3, 0.4) is 0 Å². The summed E-state index contributed by atoms with van der Waals surface area (Å²) in [7, 11) is -4.24. The van der Waals surface area contributed by atoms with Gasteiger partial charge in [0.15, 0.2) is 0 Å². The van der Waals surface area contributed by atoms with Crippen LogP contribution in [0.15, 0.2) is 0 Å². The molecule has 0 bridgehead atoms. The van der Waals surface area contributed by atoms with Gasteiger partial charge in [0.05, 0.1) is 0 Å². The fourth-order valence-corrected chi connectivity index (χ4v) is 1.11. The first kappa shape index (κ1) is 6.27. The van der Waals surface area contributed by atoms with Crippen LogP contribution in [0, 0.1) is 0 Å². The van der Waals surface area contributed by atoms with Gasteiger partial charge in [0.1, 0.15) is 0 Å². The van der Waals surface area contributed by atoms with Crippen molar-refractivity contribution in [1.29, 1.82) is 0 Å². The van der Waals surface area contributed by atoms with Crippen molar-refractivity contribution in [3.8, 4) is 0 Å². The molecule has 1 fully saturated rings. The van der Waals surface area contributed by atoms with Gasteiger partial charge in [0.25, 0.3) is 0 Å². The van der Waals surface area contributed by atoms with Crippen LogP contribution in [0.5, 0.6) is 0 Å². The van der Waals surface area contributed by atoms with Crippen LogP contribution in [0.25, 0.3) is 0 Å². The summed E-state index contributed by atoms with van der Waals surface area (Å²) in [5, 5.41) is -0.868. The Balaban J connectivity index is 2.73. The molecule has 0 aromatic heterocycles. The van der Waals surface area contributed by atoms with E-state index in [-0.39, 0.29) is 0 Å². The van der Waals surface area contributed by atoms with Gasteiger partial charge in [-0.05, 0) is 18.0 Å². The average molecular weight is 134 g/mol. The predicted molar refractivity (Wildman–Crippen MR) is 25.2 cm³/mol. The van der Waals surface area contributed by atoms with Gasteiger partial charge in [0.2, 0.25) is 0 Å². The molecule has 8 heavy (non-hydrogen) atoms. The van der Waals surface area contributed by atoms with E-state index in [2.05, 4.69) is 0 Å². The molecule has 1 aliphatic rings. The maximum atomic E-state index is 10.2. The zero-order valence-corrected chi connectivity index (χ0v) is 5.48. The van der Waals surface area contributed by atoms with Gasteiger partial charge in [-0.1, -0.05) is 14.5 Å². The van der Waals surface area contributed by atoms with E-state index in [0.29, 0.717) is 12.8 Å². The molecule has 1 rings (SSSR count). The molecule has 0 heterocycles. The fraction of sp³-hybridized carbons (Fsp3) is 1.00. The highest BCUT2D eigenvalue weighted by atomic mass is 31.2. The van der Waals surface area contributed by atoms with E-state index in [4.69, 9.17) is 0 Å².